The summed E-state index contributed by atoms with van der Waals surface area (Å²) in [6.07, 6.45) is 45.4. The lowest BCUT2D eigenvalue weighted by atomic mass is 10.0. The summed E-state index contributed by atoms with van der Waals surface area (Å²) in [5, 5.41) is 0. The molecule has 0 rings (SSSR count). The van der Waals surface area contributed by atoms with Gasteiger partial charge in [-0.15, -0.1) is 0 Å². The van der Waals surface area contributed by atoms with E-state index in [1.165, 1.54) is 173 Å². The van der Waals surface area contributed by atoms with Crippen LogP contribution in [0.25, 0.3) is 0 Å². The Labute approximate surface area is 374 Å². The van der Waals surface area contributed by atoms with Gasteiger partial charge in [0, 0.05) is 19.3 Å². The Morgan fingerprint density at radius 3 is 0.717 bits per heavy atom. The van der Waals surface area contributed by atoms with Gasteiger partial charge in [-0.05, 0) is 37.0 Å². The van der Waals surface area contributed by atoms with Crippen LogP contribution in [0.1, 0.15) is 292 Å². The van der Waals surface area contributed by atoms with Gasteiger partial charge in [0.05, 0.1) is 0 Å². The first kappa shape index (κ1) is 58.4. The number of esters is 3. The third kappa shape index (κ3) is 47.5. The number of unbranched alkanes of at least 4 members (excludes halogenated alkanes) is 30. The van der Waals surface area contributed by atoms with Crippen LogP contribution in [0.15, 0.2) is 0 Å². The largest absolute Gasteiger partial charge is 0.462 e. The summed E-state index contributed by atoms with van der Waals surface area (Å²) in [4.78, 5) is 37.9. The molecule has 356 valence electrons. The number of ether oxygens (including phenoxy) is 3. The van der Waals surface area contributed by atoms with Gasteiger partial charge in [-0.1, -0.05) is 253 Å². The molecule has 0 aromatic rings. The van der Waals surface area contributed by atoms with Crippen molar-refractivity contribution in [1.82, 2.24) is 0 Å². The molecule has 0 saturated heterocycles. The van der Waals surface area contributed by atoms with Crippen molar-refractivity contribution in [3.05, 3.63) is 0 Å². The first-order chi connectivity index (χ1) is 29.1. The molecule has 0 aromatic heterocycles. The Balaban J connectivity index is 4.24. The lowest BCUT2D eigenvalue weighted by Crippen LogP contribution is -2.30. The number of carbonyl (C=O) groups is 3. The third-order valence-electron chi connectivity index (χ3n) is 12.1. The van der Waals surface area contributed by atoms with E-state index < -0.39 is 6.10 Å². The van der Waals surface area contributed by atoms with E-state index in [1.807, 2.05) is 0 Å². The smallest absolute Gasteiger partial charge is 0.306 e. The number of hydrogen-bond acceptors (Lipinski definition) is 6. The van der Waals surface area contributed by atoms with Crippen molar-refractivity contribution in [2.45, 2.75) is 298 Å². The Kier molecular flexibility index (Phi) is 44.2. The molecule has 0 aromatic carbocycles. The minimum Gasteiger partial charge on any atom is -0.462 e. The lowest BCUT2D eigenvalue weighted by Gasteiger charge is -2.18. The first-order valence-electron chi connectivity index (χ1n) is 26.6. The summed E-state index contributed by atoms with van der Waals surface area (Å²) in [5.41, 5.74) is 0. The molecule has 0 bridgehead atoms. The van der Waals surface area contributed by atoms with Crippen LogP contribution >= 0.6 is 0 Å². The van der Waals surface area contributed by atoms with E-state index in [0.29, 0.717) is 19.3 Å². The Morgan fingerprint density at radius 2 is 0.483 bits per heavy atom. The van der Waals surface area contributed by atoms with E-state index in [9.17, 15) is 14.4 Å². The SMILES string of the molecule is CC(C)CCCCCCCCCCCCCCCCCC(=O)OC[C@H](COC(=O)CCCCCCCCC(C)C)OC(=O)CCCCCCCCCCCCCCC(C)C. The van der Waals surface area contributed by atoms with E-state index in [2.05, 4.69) is 41.5 Å². The van der Waals surface area contributed by atoms with Crippen LogP contribution in [0.3, 0.4) is 0 Å². The lowest BCUT2D eigenvalue weighted by molar-refractivity contribution is -0.167. The maximum Gasteiger partial charge on any atom is 0.306 e. The first-order valence-corrected chi connectivity index (χ1v) is 26.6. The predicted molar refractivity (Wildman–Crippen MR) is 256 cm³/mol. The molecule has 0 aliphatic rings. The van der Waals surface area contributed by atoms with Crippen LogP contribution in [0.2, 0.25) is 0 Å². The summed E-state index contributed by atoms with van der Waals surface area (Å²) in [6.45, 7) is 13.7. The molecule has 0 fully saturated rings. The topological polar surface area (TPSA) is 78.9 Å². The van der Waals surface area contributed by atoms with Crippen molar-refractivity contribution in [3.8, 4) is 0 Å². The fraction of sp³-hybridized carbons (Fsp3) is 0.944. The fourth-order valence-electron chi connectivity index (χ4n) is 8.12. The number of rotatable bonds is 47. The van der Waals surface area contributed by atoms with Crippen molar-refractivity contribution in [3.63, 3.8) is 0 Å². The summed E-state index contributed by atoms with van der Waals surface area (Å²) in [5.74, 6) is 1.59. The van der Waals surface area contributed by atoms with Gasteiger partial charge in [-0.2, -0.15) is 0 Å². The average Bonchev–Trinajstić information content (AvgIpc) is 3.20. The second kappa shape index (κ2) is 45.4. The molecule has 0 unspecified atom stereocenters. The Morgan fingerprint density at radius 1 is 0.283 bits per heavy atom. The van der Waals surface area contributed by atoms with Crippen LogP contribution < -0.4 is 0 Å². The van der Waals surface area contributed by atoms with Gasteiger partial charge in [0.15, 0.2) is 6.10 Å². The molecule has 0 amide bonds. The molecule has 0 radical (unpaired) electrons. The Hall–Kier alpha value is -1.59. The summed E-state index contributed by atoms with van der Waals surface area (Å²) < 4.78 is 16.8. The third-order valence-corrected chi connectivity index (χ3v) is 12.1. The highest BCUT2D eigenvalue weighted by Crippen LogP contribution is 2.18. The van der Waals surface area contributed by atoms with Crippen molar-refractivity contribution in [1.29, 1.82) is 0 Å². The number of carbonyl (C=O) groups excluding carboxylic acids is 3. The van der Waals surface area contributed by atoms with Gasteiger partial charge < -0.3 is 14.2 Å². The van der Waals surface area contributed by atoms with Crippen molar-refractivity contribution in [2.24, 2.45) is 17.8 Å². The minimum atomic E-state index is -0.763. The predicted octanol–water partition coefficient (Wildman–Crippen LogP) is 17.2. The van der Waals surface area contributed by atoms with E-state index in [0.717, 1.165) is 75.5 Å². The molecule has 0 aliphatic heterocycles. The molecular formula is C54H104O6. The van der Waals surface area contributed by atoms with Gasteiger partial charge in [0.2, 0.25) is 0 Å². The monoisotopic (exact) mass is 849 g/mol. The maximum atomic E-state index is 12.8. The van der Waals surface area contributed by atoms with E-state index in [-0.39, 0.29) is 31.1 Å². The van der Waals surface area contributed by atoms with Crippen LogP contribution in [-0.2, 0) is 28.6 Å². The van der Waals surface area contributed by atoms with E-state index in [1.54, 1.807) is 0 Å². The normalized spacial score (nSPS) is 12.2. The zero-order chi connectivity index (χ0) is 44.2. The maximum absolute atomic E-state index is 12.8. The molecule has 1 atom stereocenters. The van der Waals surface area contributed by atoms with Gasteiger partial charge in [0.25, 0.3) is 0 Å². The highest BCUT2D eigenvalue weighted by molar-refractivity contribution is 5.71. The van der Waals surface area contributed by atoms with E-state index >= 15 is 0 Å². The van der Waals surface area contributed by atoms with Crippen LogP contribution in [0.5, 0.6) is 0 Å². The van der Waals surface area contributed by atoms with Gasteiger partial charge >= 0.3 is 17.9 Å². The summed E-state index contributed by atoms with van der Waals surface area (Å²) >= 11 is 0. The fourth-order valence-corrected chi connectivity index (χ4v) is 8.12. The highest BCUT2D eigenvalue weighted by atomic mass is 16.6. The van der Waals surface area contributed by atoms with Crippen molar-refractivity contribution in [2.75, 3.05) is 13.2 Å². The minimum absolute atomic E-state index is 0.0650. The van der Waals surface area contributed by atoms with Crippen molar-refractivity contribution < 1.29 is 28.6 Å². The van der Waals surface area contributed by atoms with Crippen LogP contribution in [0, 0.1) is 17.8 Å². The average molecular weight is 849 g/mol. The molecule has 6 heteroatoms. The van der Waals surface area contributed by atoms with Gasteiger partial charge in [-0.25, -0.2) is 0 Å². The quantitative estimate of drug-likeness (QED) is 0.0345. The zero-order valence-corrected chi connectivity index (χ0v) is 41.3. The molecule has 0 saturated carbocycles. The van der Waals surface area contributed by atoms with Gasteiger partial charge in [-0.3, -0.25) is 14.4 Å². The second-order valence-electron chi connectivity index (χ2n) is 19.9. The van der Waals surface area contributed by atoms with Crippen molar-refractivity contribution >= 4 is 17.9 Å². The van der Waals surface area contributed by atoms with Crippen LogP contribution in [-0.4, -0.2) is 37.2 Å². The summed E-state index contributed by atoms with van der Waals surface area (Å²) in [6, 6.07) is 0. The highest BCUT2D eigenvalue weighted by Gasteiger charge is 2.19. The molecular weight excluding hydrogens is 745 g/mol. The summed E-state index contributed by atoms with van der Waals surface area (Å²) in [7, 11) is 0. The number of hydrogen-bond donors (Lipinski definition) is 0. The molecule has 0 heterocycles. The van der Waals surface area contributed by atoms with E-state index in [4.69, 9.17) is 14.2 Å². The molecule has 60 heavy (non-hydrogen) atoms. The molecule has 0 N–H and O–H groups in total. The molecule has 0 spiro atoms. The Bertz CT molecular complexity index is 929. The van der Waals surface area contributed by atoms with Crippen LogP contribution in [0.4, 0.5) is 0 Å². The standard InChI is InChI=1S/C54H104O6/c1-48(2)40-34-28-22-18-14-10-8-7-9-11-16-20-24-31-37-43-52(55)58-46-51(47-59-53(56)44-38-32-27-26-30-36-42-50(5)6)60-54(57)45-39-33-25-21-17-13-12-15-19-23-29-35-41-49(3)4/h48-51H,7-47H2,1-6H3/t51-/m1/s1. The second-order valence-corrected chi connectivity index (χ2v) is 19.9. The zero-order valence-electron chi connectivity index (χ0n) is 41.3. The molecule has 0 aliphatic carbocycles. The van der Waals surface area contributed by atoms with Gasteiger partial charge in [0.1, 0.15) is 13.2 Å². The molecule has 6 nitrogen and oxygen atoms in total.